The third-order valence-corrected chi connectivity index (χ3v) is 5.82. The van der Waals surface area contributed by atoms with E-state index >= 15 is 0 Å². The molecule has 1 saturated heterocycles. The monoisotopic (exact) mass is 439 g/mol. The highest BCUT2D eigenvalue weighted by Gasteiger charge is 2.64. The van der Waals surface area contributed by atoms with E-state index in [0.29, 0.717) is 26.8 Å². The maximum absolute atomic E-state index is 10.7. The van der Waals surface area contributed by atoms with Crippen molar-refractivity contribution < 1.29 is 20.1 Å². The Labute approximate surface area is 151 Å². The number of hydrogen-bond acceptors (Lipinski definition) is 6. The van der Waals surface area contributed by atoms with Gasteiger partial charge in [-0.1, -0.05) is 0 Å². The maximum Gasteiger partial charge on any atom is 0.205 e. The molecule has 0 radical (unpaired) electrons. The van der Waals surface area contributed by atoms with Crippen LogP contribution in [0.15, 0.2) is 12.3 Å². The Morgan fingerprint density at radius 1 is 1.38 bits per heavy atom. The van der Waals surface area contributed by atoms with Crippen LogP contribution in [-0.4, -0.2) is 31.0 Å². The van der Waals surface area contributed by atoms with E-state index in [1.807, 2.05) is 28.7 Å². The average molecular weight is 439 g/mol. The van der Waals surface area contributed by atoms with Crippen LogP contribution >= 0.6 is 22.6 Å². The normalized spacial score (nSPS) is 30.4. The summed E-state index contributed by atoms with van der Waals surface area (Å²) >= 11 is 1.98. The van der Waals surface area contributed by atoms with Crippen LogP contribution in [0.5, 0.6) is 11.8 Å². The van der Waals surface area contributed by atoms with E-state index in [2.05, 4.69) is 4.98 Å². The van der Waals surface area contributed by atoms with E-state index in [1.165, 1.54) is 10.8 Å². The molecule has 0 saturated carbocycles. The van der Waals surface area contributed by atoms with E-state index in [4.69, 9.17) is 10.00 Å². The molecule has 0 amide bonds. The second kappa shape index (κ2) is 4.62. The Balaban J connectivity index is 1.98. The van der Waals surface area contributed by atoms with Crippen molar-refractivity contribution in [3.63, 3.8) is 0 Å². The Bertz CT molecular complexity index is 934. The lowest BCUT2D eigenvalue weighted by Gasteiger charge is -2.25. The molecule has 0 aromatic carbocycles. The van der Waals surface area contributed by atoms with Gasteiger partial charge in [0.05, 0.1) is 38.3 Å². The highest BCUT2D eigenvalue weighted by molar-refractivity contribution is 14.1. The molecule has 1 fully saturated rings. The number of aromatic nitrogens is 2. The molecule has 4 rings (SSSR count). The third-order valence-electron chi connectivity index (χ3n) is 4.99. The quantitative estimate of drug-likeness (QED) is 0.587. The third kappa shape index (κ3) is 1.69. The first-order valence-electron chi connectivity index (χ1n) is 7.35. The van der Waals surface area contributed by atoms with E-state index in [9.17, 15) is 15.3 Å². The van der Waals surface area contributed by atoms with Gasteiger partial charge in [0.25, 0.3) is 0 Å². The molecule has 7 nitrogen and oxygen atoms in total. The van der Waals surface area contributed by atoms with Crippen molar-refractivity contribution in [2.45, 2.75) is 37.6 Å². The van der Waals surface area contributed by atoms with Gasteiger partial charge in [0.2, 0.25) is 11.8 Å². The molecule has 2 aliphatic rings. The van der Waals surface area contributed by atoms with Gasteiger partial charge in [-0.3, -0.25) is 0 Å². The standard InChI is InChI=1S/C16H14IN3O4/c1-15-4-10(21)16(2,24-15)12-11(15)13(22)20(14(12)23)7-3-8(17)9(5-18)19-6-7/h3,6,10,21-23H,4H2,1-2H3/t10-,15+,16-/m0/s1. The molecule has 4 heterocycles. The predicted molar refractivity (Wildman–Crippen MR) is 90.7 cm³/mol. The Hall–Kier alpha value is -1.83. The lowest BCUT2D eigenvalue weighted by Crippen LogP contribution is -2.32. The largest absolute Gasteiger partial charge is 0.494 e. The van der Waals surface area contributed by atoms with E-state index in [1.54, 1.807) is 19.9 Å². The van der Waals surface area contributed by atoms with Gasteiger partial charge in [-0.25, -0.2) is 9.55 Å². The molecule has 2 aliphatic heterocycles. The van der Waals surface area contributed by atoms with Crippen LogP contribution in [0.4, 0.5) is 0 Å². The van der Waals surface area contributed by atoms with Crippen LogP contribution in [0.25, 0.3) is 5.69 Å². The summed E-state index contributed by atoms with van der Waals surface area (Å²) in [4.78, 5) is 4.05. The van der Waals surface area contributed by atoms with E-state index in [0.717, 1.165) is 0 Å². The molecule has 2 aromatic heterocycles. The summed E-state index contributed by atoms with van der Waals surface area (Å²) < 4.78 is 7.82. The van der Waals surface area contributed by atoms with Gasteiger partial charge in [0.1, 0.15) is 11.7 Å². The van der Waals surface area contributed by atoms with Gasteiger partial charge in [0, 0.05) is 6.42 Å². The molecule has 0 unspecified atom stereocenters. The SMILES string of the molecule is C[C@]12C[C@H](O)[C@](C)(O1)c1c2c(O)n(-c2cnc(C#N)c(I)c2)c1O. The van der Waals surface area contributed by atoms with Gasteiger partial charge in [-0.05, 0) is 42.5 Å². The van der Waals surface area contributed by atoms with Crippen LogP contribution < -0.4 is 0 Å². The highest BCUT2D eigenvalue weighted by atomic mass is 127. The summed E-state index contributed by atoms with van der Waals surface area (Å²) in [7, 11) is 0. The minimum absolute atomic E-state index is 0.136. The van der Waals surface area contributed by atoms with Gasteiger partial charge in [-0.15, -0.1) is 0 Å². The van der Waals surface area contributed by atoms with Crippen molar-refractivity contribution in [2.24, 2.45) is 0 Å². The fourth-order valence-electron chi connectivity index (χ4n) is 3.91. The topological polar surface area (TPSA) is 112 Å². The number of fused-ring (bicyclic) bond motifs is 5. The molecule has 3 atom stereocenters. The summed E-state index contributed by atoms with van der Waals surface area (Å²) in [5, 5.41) is 40.8. The number of nitrogens with zero attached hydrogens (tertiary/aromatic N) is 3. The zero-order valence-electron chi connectivity index (χ0n) is 12.9. The highest BCUT2D eigenvalue weighted by Crippen LogP contribution is 2.64. The molecule has 3 N–H and O–H groups in total. The number of aliphatic hydroxyl groups is 1. The number of halogens is 1. The first kappa shape index (κ1) is 15.7. The number of aliphatic hydroxyl groups excluding tert-OH is 1. The number of aromatic hydroxyl groups is 2. The molecule has 2 bridgehead atoms. The van der Waals surface area contributed by atoms with Crippen LogP contribution in [0.3, 0.4) is 0 Å². The van der Waals surface area contributed by atoms with Crippen molar-refractivity contribution in [1.82, 2.24) is 9.55 Å². The molecule has 0 aliphatic carbocycles. The summed E-state index contributed by atoms with van der Waals surface area (Å²) in [6.07, 6.45) is 0.992. The fraction of sp³-hybridized carbons (Fsp3) is 0.375. The number of rotatable bonds is 1. The van der Waals surface area contributed by atoms with Crippen molar-refractivity contribution in [1.29, 1.82) is 5.26 Å². The number of ether oxygens (including phenoxy) is 1. The molecule has 2 aromatic rings. The van der Waals surface area contributed by atoms with Crippen LogP contribution in [0, 0.1) is 14.9 Å². The Morgan fingerprint density at radius 2 is 2.04 bits per heavy atom. The van der Waals surface area contributed by atoms with Crippen molar-refractivity contribution >= 4 is 22.6 Å². The Morgan fingerprint density at radius 3 is 2.67 bits per heavy atom. The van der Waals surface area contributed by atoms with Crippen molar-refractivity contribution in [3.05, 3.63) is 32.7 Å². The summed E-state index contributed by atoms with van der Waals surface area (Å²) in [5.74, 6) is -0.322. The molecule has 0 spiro atoms. The van der Waals surface area contributed by atoms with E-state index in [-0.39, 0.29) is 17.5 Å². The first-order chi connectivity index (χ1) is 11.2. The average Bonchev–Trinajstić information content (AvgIpc) is 3.01. The number of hydrogen-bond donors (Lipinski definition) is 3. The number of nitriles is 1. The summed E-state index contributed by atoms with van der Waals surface area (Å²) in [6.45, 7) is 3.50. The lowest BCUT2D eigenvalue weighted by atomic mass is 9.78. The Kier molecular flexibility index (Phi) is 3.02. The summed E-state index contributed by atoms with van der Waals surface area (Å²) in [5.41, 5.74) is -0.319. The second-order valence-electron chi connectivity index (χ2n) is 6.53. The van der Waals surface area contributed by atoms with Crippen LogP contribution in [-0.2, 0) is 15.9 Å². The zero-order chi connectivity index (χ0) is 17.4. The molecule has 8 heteroatoms. The zero-order valence-corrected chi connectivity index (χ0v) is 15.1. The van der Waals surface area contributed by atoms with Gasteiger partial charge in [0.15, 0.2) is 5.69 Å². The van der Waals surface area contributed by atoms with Gasteiger partial charge >= 0.3 is 0 Å². The predicted octanol–water partition coefficient (Wildman–Crippen LogP) is 1.98. The van der Waals surface area contributed by atoms with Crippen LogP contribution in [0.1, 0.15) is 37.1 Å². The first-order valence-corrected chi connectivity index (χ1v) is 8.42. The minimum Gasteiger partial charge on any atom is -0.494 e. The molecular weight excluding hydrogens is 425 g/mol. The molecular formula is C16H14IN3O4. The minimum atomic E-state index is -1.07. The maximum atomic E-state index is 10.7. The molecule has 24 heavy (non-hydrogen) atoms. The van der Waals surface area contributed by atoms with E-state index < -0.39 is 17.3 Å². The fourth-order valence-corrected chi connectivity index (χ4v) is 4.49. The molecule has 124 valence electrons. The number of pyridine rings is 1. The van der Waals surface area contributed by atoms with Crippen LogP contribution in [0.2, 0.25) is 0 Å². The lowest BCUT2D eigenvalue weighted by molar-refractivity contribution is -0.0936. The smallest absolute Gasteiger partial charge is 0.205 e. The van der Waals surface area contributed by atoms with Crippen molar-refractivity contribution in [3.8, 4) is 23.5 Å². The van der Waals surface area contributed by atoms with Gasteiger partial charge in [-0.2, -0.15) is 5.26 Å². The van der Waals surface area contributed by atoms with Crippen molar-refractivity contribution in [2.75, 3.05) is 0 Å². The second-order valence-corrected chi connectivity index (χ2v) is 7.69. The summed E-state index contributed by atoms with van der Waals surface area (Å²) in [6, 6.07) is 3.64. The van der Waals surface area contributed by atoms with Gasteiger partial charge < -0.3 is 20.1 Å².